The van der Waals surface area contributed by atoms with Crippen molar-refractivity contribution in [2.24, 2.45) is 0 Å². The third kappa shape index (κ3) is 2.26. The lowest BCUT2D eigenvalue weighted by Gasteiger charge is -2.31. The lowest BCUT2D eigenvalue weighted by atomic mass is 9.95. The van der Waals surface area contributed by atoms with Gasteiger partial charge in [-0.3, -0.25) is 9.69 Å². The van der Waals surface area contributed by atoms with E-state index in [4.69, 9.17) is 0 Å². The fourth-order valence-electron chi connectivity index (χ4n) is 2.20. The number of ketones is 1. The molecular weight excluding hydrogens is 186 g/mol. The highest BCUT2D eigenvalue weighted by Crippen LogP contribution is 2.18. The minimum Gasteiger partial charge on any atom is -0.296 e. The molecule has 1 fully saturated rings. The molecule has 0 saturated carbocycles. The van der Waals surface area contributed by atoms with Gasteiger partial charge in [-0.25, -0.2) is 0 Å². The van der Waals surface area contributed by atoms with Crippen LogP contribution in [0.3, 0.4) is 0 Å². The SMILES string of the molecule is CN1CCCC[C@H]1C(=O)c1ccccc1. The van der Waals surface area contributed by atoms with Gasteiger partial charge >= 0.3 is 0 Å². The molecule has 0 amide bonds. The van der Waals surface area contributed by atoms with Gasteiger partial charge in [-0.1, -0.05) is 36.8 Å². The first-order chi connectivity index (χ1) is 7.29. The monoisotopic (exact) mass is 203 g/mol. The number of nitrogens with zero attached hydrogens (tertiary/aromatic N) is 1. The van der Waals surface area contributed by atoms with Crippen molar-refractivity contribution in [3.8, 4) is 0 Å². The lowest BCUT2D eigenvalue weighted by Crippen LogP contribution is -2.41. The van der Waals surface area contributed by atoms with Gasteiger partial charge in [-0.15, -0.1) is 0 Å². The number of carbonyl (C=O) groups excluding carboxylic acids is 1. The number of piperidine rings is 1. The van der Waals surface area contributed by atoms with Gasteiger partial charge in [0.25, 0.3) is 0 Å². The van der Waals surface area contributed by atoms with Crippen LogP contribution in [0.15, 0.2) is 30.3 Å². The second-order valence-electron chi connectivity index (χ2n) is 4.22. The summed E-state index contributed by atoms with van der Waals surface area (Å²) in [5.74, 6) is 0.276. The molecule has 0 unspecified atom stereocenters. The van der Waals surface area contributed by atoms with E-state index in [1.54, 1.807) is 0 Å². The van der Waals surface area contributed by atoms with Gasteiger partial charge < -0.3 is 0 Å². The second-order valence-corrected chi connectivity index (χ2v) is 4.22. The zero-order valence-corrected chi connectivity index (χ0v) is 9.15. The molecule has 1 aromatic rings. The topological polar surface area (TPSA) is 20.3 Å². The fourth-order valence-corrected chi connectivity index (χ4v) is 2.20. The minimum atomic E-state index is 0.0983. The van der Waals surface area contributed by atoms with Crippen LogP contribution in [-0.2, 0) is 0 Å². The Kier molecular flexibility index (Phi) is 3.17. The number of benzene rings is 1. The molecule has 0 bridgehead atoms. The Labute approximate surface area is 90.9 Å². The van der Waals surface area contributed by atoms with Crippen LogP contribution in [0.2, 0.25) is 0 Å². The quantitative estimate of drug-likeness (QED) is 0.688. The highest BCUT2D eigenvalue weighted by molar-refractivity contribution is 6.00. The summed E-state index contributed by atoms with van der Waals surface area (Å²) >= 11 is 0. The predicted octanol–water partition coefficient (Wildman–Crippen LogP) is 2.35. The molecule has 0 N–H and O–H groups in total. The normalized spacial score (nSPS) is 22.6. The van der Waals surface area contributed by atoms with E-state index < -0.39 is 0 Å². The van der Waals surface area contributed by atoms with E-state index in [0.717, 1.165) is 18.5 Å². The average Bonchev–Trinajstić information content (AvgIpc) is 2.30. The van der Waals surface area contributed by atoms with Crippen LogP contribution in [0.4, 0.5) is 0 Å². The summed E-state index contributed by atoms with van der Waals surface area (Å²) in [6.07, 6.45) is 3.40. The van der Waals surface area contributed by atoms with Gasteiger partial charge in [0.1, 0.15) is 0 Å². The van der Waals surface area contributed by atoms with Crippen molar-refractivity contribution in [3.63, 3.8) is 0 Å². The van der Waals surface area contributed by atoms with E-state index >= 15 is 0 Å². The average molecular weight is 203 g/mol. The van der Waals surface area contributed by atoms with Crippen molar-refractivity contribution < 1.29 is 4.79 Å². The molecule has 0 spiro atoms. The summed E-state index contributed by atoms with van der Waals surface area (Å²) < 4.78 is 0. The van der Waals surface area contributed by atoms with Crippen LogP contribution >= 0.6 is 0 Å². The number of hydrogen-bond acceptors (Lipinski definition) is 2. The highest BCUT2D eigenvalue weighted by Gasteiger charge is 2.26. The minimum absolute atomic E-state index is 0.0983. The standard InChI is InChI=1S/C13H17NO/c1-14-10-6-5-9-12(14)13(15)11-7-3-2-4-8-11/h2-4,7-8,12H,5-6,9-10H2,1H3/t12-/m0/s1. The largest absolute Gasteiger partial charge is 0.296 e. The molecule has 2 nitrogen and oxygen atoms in total. The zero-order valence-electron chi connectivity index (χ0n) is 9.15. The third-order valence-corrected chi connectivity index (χ3v) is 3.13. The first kappa shape index (κ1) is 10.4. The Balaban J connectivity index is 2.13. The maximum Gasteiger partial charge on any atom is 0.179 e. The van der Waals surface area contributed by atoms with E-state index in [2.05, 4.69) is 4.90 Å². The number of Topliss-reactive ketones (excluding diaryl/α,β-unsaturated/α-hetero) is 1. The summed E-state index contributed by atoms with van der Waals surface area (Å²) in [4.78, 5) is 14.3. The molecule has 2 heteroatoms. The maximum atomic E-state index is 12.2. The van der Waals surface area contributed by atoms with Gasteiger partial charge in [0.05, 0.1) is 6.04 Å². The van der Waals surface area contributed by atoms with Gasteiger partial charge in [0.2, 0.25) is 0 Å². The summed E-state index contributed by atoms with van der Waals surface area (Å²) in [5.41, 5.74) is 0.844. The first-order valence-electron chi connectivity index (χ1n) is 5.58. The summed E-state index contributed by atoms with van der Waals surface area (Å²) in [6.45, 7) is 1.04. The van der Waals surface area contributed by atoms with E-state index in [9.17, 15) is 4.79 Å². The van der Waals surface area contributed by atoms with Gasteiger partial charge in [0, 0.05) is 5.56 Å². The van der Waals surface area contributed by atoms with Crippen molar-refractivity contribution in [1.29, 1.82) is 0 Å². The second kappa shape index (κ2) is 4.58. The van der Waals surface area contributed by atoms with Crippen LogP contribution in [0, 0.1) is 0 Å². The molecule has 1 aromatic carbocycles. The van der Waals surface area contributed by atoms with Crippen LogP contribution in [0.1, 0.15) is 29.6 Å². The summed E-state index contributed by atoms with van der Waals surface area (Å²) in [7, 11) is 2.05. The molecule has 1 aliphatic rings. The molecule has 2 rings (SSSR count). The summed E-state index contributed by atoms with van der Waals surface area (Å²) in [5, 5.41) is 0. The van der Waals surface area contributed by atoms with E-state index in [-0.39, 0.29) is 11.8 Å². The molecular formula is C13H17NO. The van der Waals surface area contributed by atoms with Crippen molar-refractivity contribution in [2.75, 3.05) is 13.6 Å². The lowest BCUT2D eigenvalue weighted by molar-refractivity contribution is 0.0798. The molecule has 0 aliphatic carbocycles. The molecule has 1 saturated heterocycles. The number of likely N-dealkylation sites (tertiary alicyclic amines) is 1. The number of carbonyl (C=O) groups is 1. The van der Waals surface area contributed by atoms with Gasteiger partial charge in [-0.2, -0.15) is 0 Å². The predicted molar refractivity (Wildman–Crippen MR) is 61.0 cm³/mol. The number of rotatable bonds is 2. The fraction of sp³-hybridized carbons (Fsp3) is 0.462. The molecule has 15 heavy (non-hydrogen) atoms. The van der Waals surface area contributed by atoms with E-state index in [0.29, 0.717) is 0 Å². The molecule has 1 heterocycles. The Hall–Kier alpha value is -1.15. The van der Waals surface area contributed by atoms with Gasteiger partial charge in [-0.05, 0) is 26.4 Å². The molecule has 0 aromatic heterocycles. The van der Waals surface area contributed by atoms with Crippen LogP contribution in [0.5, 0.6) is 0 Å². The van der Waals surface area contributed by atoms with Crippen molar-refractivity contribution >= 4 is 5.78 Å². The van der Waals surface area contributed by atoms with Crippen LogP contribution in [-0.4, -0.2) is 30.3 Å². The first-order valence-corrected chi connectivity index (χ1v) is 5.58. The molecule has 80 valence electrons. The number of hydrogen-bond donors (Lipinski definition) is 0. The Morgan fingerprint density at radius 3 is 2.67 bits per heavy atom. The Morgan fingerprint density at radius 1 is 1.27 bits per heavy atom. The Bertz CT molecular complexity index is 334. The highest BCUT2D eigenvalue weighted by atomic mass is 16.1. The zero-order chi connectivity index (χ0) is 10.7. The van der Waals surface area contributed by atoms with Crippen molar-refractivity contribution in [1.82, 2.24) is 4.90 Å². The Morgan fingerprint density at radius 2 is 2.00 bits per heavy atom. The van der Waals surface area contributed by atoms with Gasteiger partial charge in [0.15, 0.2) is 5.78 Å². The molecule has 1 atom stereocenters. The van der Waals surface area contributed by atoms with E-state index in [1.807, 2.05) is 37.4 Å². The van der Waals surface area contributed by atoms with Crippen molar-refractivity contribution in [2.45, 2.75) is 25.3 Å². The van der Waals surface area contributed by atoms with Crippen LogP contribution < -0.4 is 0 Å². The number of likely N-dealkylation sites (N-methyl/N-ethyl adjacent to an activating group) is 1. The van der Waals surface area contributed by atoms with Crippen molar-refractivity contribution in [3.05, 3.63) is 35.9 Å². The van der Waals surface area contributed by atoms with Crippen LogP contribution in [0.25, 0.3) is 0 Å². The summed E-state index contributed by atoms with van der Waals surface area (Å²) in [6, 6.07) is 9.71. The maximum absolute atomic E-state index is 12.2. The smallest absolute Gasteiger partial charge is 0.179 e. The molecule has 0 radical (unpaired) electrons. The third-order valence-electron chi connectivity index (χ3n) is 3.13. The molecule has 1 aliphatic heterocycles. The van der Waals surface area contributed by atoms with E-state index in [1.165, 1.54) is 12.8 Å².